The molecule has 4 aliphatic rings. The lowest BCUT2D eigenvalue weighted by Gasteiger charge is -2.58. The SMILES string of the molecule is C[C@]12CC[C@H]3[C@@H](CCC4=CC(=O)CC[C@@]43C)[C@@H]1CC[C@@H]2c1csc(-c2ccccc2)n1. The van der Waals surface area contributed by atoms with Gasteiger partial charge in [0.05, 0.1) is 5.69 Å². The van der Waals surface area contributed by atoms with Crippen molar-refractivity contribution >= 4 is 17.1 Å². The highest BCUT2D eigenvalue weighted by Crippen LogP contribution is 2.68. The molecule has 1 aromatic heterocycles. The Morgan fingerprint density at radius 2 is 1.81 bits per heavy atom. The highest BCUT2D eigenvalue weighted by atomic mass is 32.1. The molecule has 1 heterocycles. The van der Waals surface area contributed by atoms with Gasteiger partial charge in [0.15, 0.2) is 5.78 Å². The van der Waals surface area contributed by atoms with Gasteiger partial charge in [-0.15, -0.1) is 11.3 Å². The summed E-state index contributed by atoms with van der Waals surface area (Å²) in [6, 6.07) is 10.6. The molecule has 0 amide bonds. The Labute approximate surface area is 190 Å². The lowest BCUT2D eigenvalue weighted by Crippen LogP contribution is -2.50. The van der Waals surface area contributed by atoms with Crippen molar-refractivity contribution < 1.29 is 4.79 Å². The Morgan fingerprint density at radius 3 is 2.65 bits per heavy atom. The van der Waals surface area contributed by atoms with Gasteiger partial charge in [0.2, 0.25) is 0 Å². The van der Waals surface area contributed by atoms with Crippen molar-refractivity contribution in [1.82, 2.24) is 4.98 Å². The summed E-state index contributed by atoms with van der Waals surface area (Å²) in [6.07, 6.45) is 11.6. The molecule has 0 saturated heterocycles. The Balaban J connectivity index is 1.29. The number of rotatable bonds is 2. The van der Waals surface area contributed by atoms with Crippen molar-refractivity contribution in [3.05, 3.63) is 53.1 Å². The quantitative estimate of drug-likeness (QED) is 0.495. The fourth-order valence-corrected chi connectivity index (χ4v) is 9.08. The summed E-state index contributed by atoms with van der Waals surface area (Å²) in [5, 5.41) is 3.52. The standard InChI is InChI=1S/C28H33NOS/c1-27-14-12-20(30)16-19(27)8-9-21-22-10-11-24(28(22,2)15-13-23(21)27)25-17-31-26(29-25)18-6-4-3-5-7-18/h3-7,16-17,21-24H,8-15H2,1-2H3/t21-,22-,23-,24+,27-,28-/m0/s1. The molecule has 6 atom stereocenters. The molecule has 3 fully saturated rings. The van der Waals surface area contributed by atoms with E-state index in [0.717, 1.165) is 37.0 Å². The molecular formula is C28H33NOS. The molecule has 4 aliphatic carbocycles. The second-order valence-corrected chi connectivity index (χ2v) is 11.9. The van der Waals surface area contributed by atoms with Crippen LogP contribution >= 0.6 is 11.3 Å². The average molecular weight is 432 g/mol. The van der Waals surface area contributed by atoms with E-state index in [-0.39, 0.29) is 5.41 Å². The normalized spacial score (nSPS) is 39.4. The van der Waals surface area contributed by atoms with Crippen molar-refractivity contribution in [3.63, 3.8) is 0 Å². The van der Waals surface area contributed by atoms with Crippen LogP contribution in [0.15, 0.2) is 47.4 Å². The smallest absolute Gasteiger partial charge is 0.155 e. The van der Waals surface area contributed by atoms with Gasteiger partial charge >= 0.3 is 0 Å². The number of aromatic nitrogens is 1. The summed E-state index contributed by atoms with van der Waals surface area (Å²) < 4.78 is 0. The van der Waals surface area contributed by atoms with E-state index in [4.69, 9.17) is 4.98 Å². The number of hydrogen-bond donors (Lipinski definition) is 0. The second kappa shape index (κ2) is 7.13. The van der Waals surface area contributed by atoms with Crippen LogP contribution in [0.1, 0.15) is 76.8 Å². The third-order valence-corrected chi connectivity index (χ3v) is 10.8. The molecule has 2 nitrogen and oxygen atoms in total. The van der Waals surface area contributed by atoms with Crippen molar-refractivity contribution in [2.45, 2.75) is 71.1 Å². The van der Waals surface area contributed by atoms with Crippen LogP contribution in [0.5, 0.6) is 0 Å². The minimum Gasteiger partial charge on any atom is -0.295 e. The summed E-state index contributed by atoms with van der Waals surface area (Å²) in [7, 11) is 0. The minimum absolute atomic E-state index is 0.275. The van der Waals surface area contributed by atoms with Crippen LogP contribution in [0, 0.1) is 28.6 Å². The van der Waals surface area contributed by atoms with Gasteiger partial charge in [-0.1, -0.05) is 49.8 Å². The fourth-order valence-electron chi connectivity index (χ4n) is 8.20. The minimum atomic E-state index is 0.275. The first-order chi connectivity index (χ1) is 15.0. The molecule has 0 bridgehead atoms. The average Bonchev–Trinajstić information content (AvgIpc) is 3.39. The summed E-state index contributed by atoms with van der Waals surface area (Å²) >= 11 is 1.81. The first-order valence-corrected chi connectivity index (χ1v) is 13.1. The predicted molar refractivity (Wildman–Crippen MR) is 127 cm³/mol. The number of carbonyl (C=O) groups excluding carboxylic acids is 1. The summed E-state index contributed by atoms with van der Waals surface area (Å²) in [4.78, 5) is 17.2. The largest absolute Gasteiger partial charge is 0.295 e. The Morgan fingerprint density at radius 1 is 0.968 bits per heavy atom. The predicted octanol–water partition coefficient (Wildman–Crippen LogP) is 7.43. The molecule has 0 N–H and O–H groups in total. The fraction of sp³-hybridized carbons (Fsp3) is 0.571. The molecule has 0 unspecified atom stereocenters. The summed E-state index contributed by atoms with van der Waals surface area (Å²) in [6.45, 7) is 5.08. The molecule has 0 spiro atoms. The van der Waals surface area contributed by atoms with Crippen LogP contribution in [0.2, 0.25) is 0 Å². The number of fused-ring (bicyclic) bond motifs is 5. The zero-order valence-electron chi connectivity index (χ0n) is 18.8. The van der Waals surface area contributed by atoms with E-state index in [0.29, 0.717) is 17.1 Å². The van der Waals surface area contributed by atoms with Gasteiger partial charge in [-0.05, 0) is 79.6 Å². The molecule has 3 heteroatoms. The number of hydrogen-bond acceptors (Lipinski definition) is 3. The van der Waals surface area contributed by atoms with Crippen molar-refractivity contribution in [3.8, 4) is 10.6 Å². The number of carbonyl (C=O) groups is 1. The highest BCUT2D eigenvalue weighted by Gasteiger charge is 2.59. The van der Waals surface area contributed by atoms with E-state index in [1.807, 2.05) is 17.4 Å². The molecule has 0 aliphatic heterocycles. The van der Waals surface area contributed by atoms with E-state index >= 15 is 0 Å². The van der Waals surface area contributed by atoms with Crippen molar-refractivity contribution in [2.75, 3.05) is 0 Å². The maximum Gasteiger partial charge on any atom is 0.155 e. The molecule has 2 aromatic rings. The van der Waals surface area contributed by atoms with E-state index in [1.165, 1.54) is 53.9 Å². The maximum absolute atomic E-state index is 12.1. The van der Waals surface area contributed by atoms with Crippen LogP contribution in [0.4, 0.5) is 0 Å². The van der Waals surface area contributed by atoms with Gasteiger partial charge in [0.25, 0.3) is 0 Å². The summed E-state index contributed by atoms with van der Waals surface area (Å²) in [5.74, 6) is 3.38. The van der Waals surface area contributed by atoms with Crippen LogP contribution in [0.25, 0.3) is 10.6 Å². The van der Waals surface area contributed by atoms with Gasteiger partial charge in [-0.3, -0.25) is 4.79 Å². The van der Waals surface area contributed by atoms with Gasteiger partial charge in [-0.2, -0.15) is 0 Å². The third-order valence-electron chi connectivity index (χ3n) is 9.86. The van der Waals surface area contributed by atoms with E-state index in [1.54, 1.807) is 0 Å². The number of allylic oxidation sites excluding steroid dienone is 1. The molecule has 31 heavy (non-hydrogen) atoms. The van der Waals surface area contributed by atoms with Gasteiger partial charge < -0.3 is 0 Å². The van der Waals surface area contributed by atoms with Crippen molar-refractivity contribution in [1.29, 1.82) is 0 Å². The van der Waals surface area contributed by atoms with Gasteiger partial charge in [0.1, 0.15) is 5.01 Å². The van der Waals surface area contributed by atoms with Crippen LogP contribution in [-0.4, -0.2) is 10.8 Å². The number of nitrogens with zero attached hydrogens (tertiary/aromatic N) is 1. The monoisotopic (exact) mass is 431 g/mol. The zero-order valence-corrected chi connectivity index (χ0v) is 19.6. The second-order valence-electron chi connectivity index (χ2n) is 11.1. The summed E-state index contributed by atoms with van der Waals surface area (Å²) in [5.41, 5.74) is 4.73. The molecule has 162 valence electrons. The van der Waals surface area contributed by atoms with Crippen molar-refractivity contribution in [2.24, 2.45) is 28.6 Å². The maximum atomic E-state index is 12.1. The molecule has 6 rings (SSSR count). The highest BCUT2D eigenvalue weighted by molar-refractivity contribution is 7.13. The Bertz CT molecular complexity index is 1040. The topological polar surface area (TPSA) is 30.0 Å². The van der Waals surface area contributed by atoms with E-state index in [9.17, 15) is 4.79 Å². The molecule has 1 aromatic carbocycles. The first kappa shape index (κ1) is 19.9. The molecule has 0 radical (unpaired) electrons. The van der Waals surface area contributed by atoms with Crippen LogP contribution < -0.4 is 0 Å². The number of benzene rings is 1. The number of thiazole rings is 1. The lowest BCUT2D eigenvalue weighted by molar-refractivity contribution is -0.117. The molecule has 3 saturated carbocycles. The van der Waals surface area contributed by atoms with E-state index < -0.39 is 0 Å². The van der Waals surface area contributed by atoms with E-state index in [2.05, 4.69) is 49.6 Å². The van der Waals surface area contributed by atoms with Gasteiger partial charge in [-0.25, -0.2) is 4.98 Å². The lowest BCUT2D eigenvalue weighted by atomic mass is 9.47. The van der Waals surface area contributed by atoms with Gasteiger partial charge in [0, 0.05) is 23.3 Å². The Hall–Kier alpha value is -1.74. The zero-order chi connectivity index (χ0) is 21.2. The third kappa shape index (κ3) is 2.95. The van der Waals surface area contributed by atoms with Crippen LogP contribution in [-0.2, 0) is 4.79 Å². The van der Waals surface area contributed by atoms with Crippen LogP contribution in [0.3, 0.4) is 0 Å². The Kier molecular flexibility index (Phi) is 4.58. The molecular weight excluding hydrogens is 398 g/mol. The first-order valence-electron chi connectivity index (χ1n) is 12.2. The number of ketones is 1.